The fourth-order valence-electron chi connectivity index (χ4n) is 6.53. The largest absolute Gasteiger partial charge is 0.103 e. The molecule has 0 radical (unpaired) electrons. The first-order valence-electron chi connectivity index (χ1n) is 7.02. The number of fused-ring (bicyclic) bond motifs is 9. The second-order valence-corrected chi connectivity index (χ2v) is 6.97. The van der Waals surface area contributed by atoms with Gasteiger partial charge in [0.2, 0.25) is 0 Å². The molecule has 5 aliphatic rings. The molecule has 0 N–H and O–H groups in total. The van der Waals surface area contributed by atoms with Gasteiger partial charge in [-0.25, -0.2) is 0 Å². The topological polar surface area (TPSA) is 0 Å². The molecule has 5 rings (SSSR count). The van der Waals surface area contributed by atoms with Crippen LogP contribution >= 0.6 is 0 Å². The molecule has 0 bridgehead atoms. The first kappa shape index (κ1) is 7.92. The highest BCUT2D eigenvalue weighted by Gasteiger charge is 2.77. The van der Waals surface area contributed by atoms with E-state index >= 15 is 0 Å². The molecule has 0 heteroatoms. The molecule has 5 fully saturated rings. The summed E-state index contributed by atoms with van der Waals surface area (Å²) in [7, 11) is 0. The van der Waals surface area contributed by atoms with Crippen molar-refractivity contribution in [2.75, 3.05) is 0 Å². The lowest BCUT2D eigenvalue weighted by atomic mass is 9.45. The lowest BCUT2D eigenvalue weighted by molar-refractivity contribution is -0.118. The van der Waals surface area contributed by atoms with E-state index in [1.165, 1.54) is 53.8 Å². The van der Waals surface area contributed by atoms with Crippen molar-refractivity contribution >= 4 is 0 Å². The number of hydrogen-bond donors (Lipinski definition) is 0. The van der Waals surface area contributed by atoms with E-state index in [9.17, 15) is 0 Å². The van der Waals surface area contributed by atoms with Crippen molar-refractivity contribution in [3.8, 4) is 0 Å². The molecule has 0 aromatic heterocycles. The molecular formula is C15H20. The van der Waals surface area contributed by atoms with E-state index in [1.54, 1.807) is 19.3 Å². The molecule has 0 saturated heterocycles. The highest BCUT2D eigenvalue weighted by Crippen LogP contribution is 2.82. The SMILES string of the molecule is C=CCC1C2C3CCC3C2C2C3CC3C12. The smallest absolute Gasteiger partial charge is 0.0312 e. The molecule has 0 aromatic rings. The summed E-state index contributed by atoms with van der Waals surface area (Å²) in [6, 6.07) is 0. The van der Waals surface area contributed by atoms with Gasteiger partial charge >= 0.3 is 0 Å². The van der Waals surface area contributed by atoms with E-state index in [0.717, 1.165) is 5.92 Å². The number of rotatable bonds is 2. The van der Waals surface area contributed by atoms with Gasteiger partial charge in [0.05, 0.1) is 0 Å². The molecule has 0 spiro atoms. The van der Waals surface area contributed by atoms with Crippen molar-refractivity contribution < 1.29 is 0 Å². The molecule has 80 valence electrons. The van der Waals surface area contributed by atoms with E-state index in [1.807, 2.05) is 0 Å². The van der Waals surface area contributed by atoms with Crippen LogP contribution < -0.4 is 0 Å². The first-order chi connectivity index (χ1) is 7.42. The molecule has 0 aliphatic heterocycles. The fourth-order valence-corrected chi connectivity index (χ4v) is 6.53. The van der Waals surface area contributed by atoms with E-state index in [2.05, 4.69) is 12.7 Å². The Morgan fingerprint density at radius 1 is 0.867 bits per heavy atom. The van der Waals surface area contributed by atoms with Crippen molar-refractivity contribution in [1.82, 2.24) is 0 Å². The maximum Gasteiger partial charge on any atom is -0.0312 e. The van der Waals surface area contributed by atoms with Gasteiger partial charge in [0.1, 0.15) is 0 Å². The van der Waals surface area contributed by atoms with Crippen LogP contribution in [0.3, 0.4) is 0 Å². The molecule has 5 saturated carbocycles. The van der Waals surface area contributed by atoms with Gasteiger partial charge in [-0.1, -0.05) is 6.08 Å². The summed E-state index contributed by atoms with van der Waals surface area (Å²) in [4.78, 5) is 0. The van der Waals surface area contributed by atoms with Crippen molar-refractivity contribution in [3.05, 3.63) is 12.7 Å². The third-order valence-corrected chi connectivity index (χ3v) is 7.01. The Hall–Kier alpha value is -0.260. The van der Waals surface area contributed by atoms with Crippen LogP contribution in [0.15, 0.2) is 12.7 Å². The van der Waals surface area contributed by atoms with Crippen molar-refractivity contribution in [1.29, 1.82) is 0 Å². The summed E-state index contributed by atoms with van der Waals surface area (Å²) >= 11 is 0. The Balaban J connectivity index is 1.53. The molecular weight excluding hydrogens is 180 g/mol. The zero-order chi connectivity index (χ0) is 9.73. The molecule has 0 heterocycles. The van der Waals surface area contributed by atoms with Crippen LogP contribution in [0.1, 0.15) is 25.7 Å². The van der Waals surface area contributed by atoms with Crippen LogP contribution in [0.2, 0.25) is 0 Å². The summed E-state index contributed by atoms with van der Waals surface area (Å²) in [6.45, 7) is 3.99. The summed E-state index contributed by atoms with van der Waals surface area (Å²) in [6.07, 6.45) is 8.34. The second-order valence-electron chi connectivity index (χ2n) is 6.97. The van der Waals surface area contributed by atoms with Crippen LogP contribution in [-0.2, 0) is 0 Å². The third kappa shape index (κ3) is 0.656. The minimum Gasteiger partial charge on any atom is -0.103 e. The van der Waals surface area contributed by atoms with Gasteiger partial charge < -0.3 is 0 Å². The normalized spacial score (nSPS) is 71.1. The summed E-state index contributed by atoms with van der Waals surface area (Å²) in [5, 5.41) is 0. The average Bonchev–Trinajstić information content (AvgIpc) is 2.81. The fraction of sp³-hybridized carbons (Fsp3) is 0.867. The highest BCUT2D eigenvalue weighted by molar-refractivity contribution is 5.25. The van der Waals surface area contributed by atoms with Gasteiger partial charge in [-0.3, -0.25) is 0 Å². The number of hydrogen-bond acceptors (Lipinski definition) is 0. The van der Waals surface area contributed by atoms with Gasteiger partial charge in [0.25, 0.3) is 0 Å². The summed E-state index contributed by atoms with van der Waals surface area (Å²) < 4.78 is 0. The molecule has 9 atom stereocenters. The van der Waals surface area contributed by atoms with Crippen LogP contribution in [0.5, 0.6) is 0 Å². The Labute approximate surface area is 92.1 Å². The van der Waals surface area contributed by atoms with Crippen molar-refractivity contribution in [3.63, 3.8) is 0 Å². The van der Waals surface area contributed by atoms with Crippen LogP contribution in [0.4, 0.5) is 0 Å². The van der Waals surface area contributed by atoms with Gasteiger partial charge in [-0.15, -0.1) is 6.58 Å². The number of allylic oxidation sites excluding steroid dienone is 1. The second kappa shape index (κ2) is 2.21. The minimum absolute atomic E-state index is 1.09. The van der Waals surface area contributed by atoms with E-state index in [0.29, 0.717) is 0 Å². The molecule has 0 amide bonds. The lowest BCUT2D eigenvalue weighted by Gasteiger charge is -2.60. The molecule has 15 heavy (non-hydrogen) atoms. The Morgan fingerprint density at radius 3 is 2.20 bits per heavy atom. The zero-order valence-corrected chi connectivity index (χ0v) is 9.31. The van der Waals surface area contributed by atoms with Crippen LogP contribution in [0, 0.1) is 53.3 Å². The summed E-state index contributed by atoms with van der Waals surface area (Å²) in [5.74, 6) is 10.7. The Bertz CT molecular complexity index is 344. The van der Waals surface area contributed by atoms with Gasteiger partial charge in [-0.2, -0.15) is 0 Å². The Morgan fingerprint density at radius 2 is 1.47 bits per heavy atom. The van der Waals surface area contributed by atoms with E-state index < -0.39 is 0 Å². The predicted octanol–water partition coefficient (Wildman–Crippen LogP) is 3.35. The van der Waals surface area contributed by atoms with E-state index in [4.69, 9.17) is 0 Å². The van der Waals surface area contributed by atoms with Gasteiger partial charge in [0, 0.05) is 0 Å². The first-order valence-corrected chi connectivity index (χ1v) is 7.02. The van der Waals surface area contributed by atoms with Crippen LogP contribution in [-0.4, -0.2) is 0 Å². The maximum absolute atomic E-state index is 3.99. The maximum atomic E-state index is 3.99. The molecule has 0 aromatic carbocycles. The standard InChI is InChI=1S/C15H20/c1-2-3-9-12-7-4-5-8(7)14(12)15-11-6-10(11)13(9)15/h2,7-15H,1,3-6H2. The minimum atomic E-state index is 1.09. The molecule has 9 unspecified atom stereocenters. The van der Waals surface area contributed by atoms with Crippen molar-refractivity contribution in [2.24, 2.45) is 53.3 Å². The zero-order valence-electron chi connectivity index (χ0n) is 9.31. The third-order valence-electron chi connectivity index (χ3n) is 7.01. The quantitative estimate of drug-likeness (QED) is 0.600. The van der Waals surface area contributed by atoms with E-state index in [-0.39, 0.29) is 0 Å². The highest BCUT2D eigenvalue weighted by atomic mass is 14.8. The molecule has 0 nitrogen and oxygen atoms in total. The van der Waals surface area contributed by atoms with Crippen LogP contribution in [0.25, 0.3) is 0 Å². The Kier molecular flexibility index (Phi) is 1.17. The summed E-state index contributed by atoms with van der Waals surface area (Å²) in [5.41, 5.74) is 0. The van der Waals surface area contributed by atoms with Crippen molar-refractivity contribution in [2.45, 2.75) is 25.7 Å². The van der Waals surface area contributed by atoms with Gasteiger partial charge in [0.15, 0.2) is 0 Å². The molecule has 5 aliphatic carbocycles. The monoisotopic (exact) mass is 200 g/mol. The predicted molar refractivity (Wildman–Crippen MR) is 60.1 cm³/mol. The lowest BCUT2D eigenvalue weighted by Crippen LogP contribution is -2.54. The van der Waals surface area contributed by atoms with Gasteiger partial charge in [-0.05, 0) is 78.9 Å². The average molecular weight is 200 g/mol.